The summed E-state index contributed by atoms with van der Waals surface area (Å²) in [6.07, 6.45) is 1.60. The lowest BCUT2D eigenvalue weighted by Gasteiger charge is -2.36. The second-order valence-corrected chi connectivity index (χ2v) is 5.48. The molecule has 1 aromatic carbocycles. The summed E-state index contributed by atoms with van der Waals surface area (Å²) in [6.45, 7) is 3.71. The van der Waals surface area contributed by atoms with Crippen LogP contribution in [0.2, 0.25) is 5.02 Å². The van der Waals surface area contributed by atoms with Crippen LogP contribution in [0.1, 0.15) is 17.4 Å². The van der Waals surface area contributed by atoms with Gasteiger partial charge in [-0.2, -0.15) is 5.10 Å². The van der Waals surface area contributed by atoms with Gasteiger partial charge in [0.2, 0.25) is 0 Å². The number of hydrogen-bond donors (Lipinski definition) is 1. The van der Waals surface area contributed by atoms with Crippen LogP contribution in [0, 0.1) is 0 Å². The Kier molecular flexibility index (Phi) is 4.00. The highest BCUT2D eigenvalue weighted by Gasteiger charge is 2.25. The molecule has 1 aromatic heterocycles. The fraction of sp³-hybridized carbons (Fsp3) is 0.429. The standard InChI is InChI=1S/C14H18ClN5/c1-19-14(17-10-18-19)9-20-6-5-16-8-13(20)11-3-2-4-12(15)7-11/h2-4,7,10,13,16H,5-6,8-9H2,1H3. The van der Waals surface area contributed by atoms with Gasteiger partial charge >= 0.3 is 0 Å². The number of nitrogens with zero attached hydrogens (tertiary/aromatic N) is 4. The van der Waals surface area contributed by atoms with Crippen molar-refractivity contribution in [1.82, 2.24) is 25.0 Å². The number of halogens is 1. The molecule has 1 unspecified atom stereocenters. The van der Waals surface area contributed by atoms with Crippen molar-refractivity contribution >= 4 is 11.6 Å². The van der Waals surface area contributed by atoms with Crippen LogP contribution >= 0.6 is 11.6 Å². The molecule has 2 aromatic rings. The Morgan fingerprint density at radius 2 is 2.35 bits per heavy atom. The molecule has 1 N–H and O–H groups in total. The molecule has 5 nitrogen and oxygen atoms in total. The third-order valence-corrected chi connectivity index (χ3v) is 3.97. The van der Waals surface area contributed by atoms with E-state index in [4.69, 9.17) is 11.6 Å². The van der Waals surface area contributed by atoms with Crippen molar-refractivity contribution in [2.45, 2.75) is 12.6 Å². The molecule has 0 saturated carbocycles. The van der Waals surface area contributed by atoms with Gasteiger partial charge in [0.1, 0.15) is 12.2 Å². The van der Waals surface area contributed by atoms with Gasteiger partial charge in [-0.3, -0.25) is 9.58 Å². The Hall–Kier alpha value is -1.43. The maximum atomic E-state index is 6.11. The topological polar surface area (TPSA) is 46.0 Å². The van der Waals surface area contributed by atoms with Crippen LogP contribution in [-0.2, 0) is 13.6 Å². The van der Waals surface area contributed by atoms with Gasteiger partial charge in [0.15, 0.2) is 0 Å². The molecule has 0 bridgehead atoms. The van der Waals surface area contributed by atoms with Gasteiger partial charge in [0, 0.05) is 37.7 Å². The summed E-state index contributed by atoms with van der Waals surface area (Å²) in [5.41, 5.74) is 1.24. The third-order valence-electron chi connectivity index (χ3n) is 3.74. The van der Waals surface area contributed by atoms with Crippen molar-refractivity contribution in [3.63, 3.8) is 0 Å². The van der Waals surface area contributed by atoms with Crippen molar-refractivity contribution in [1.29, 1.82) is 0 Å². The molecule has 1 aliphatic heterocycles. The highest BCUT2D eigenvalue weighted by Crippen LogP contribution is 2.25. The molecule has 6 heteroatoms. The molecule has 1 atom stereocenters. The van der Waals surface area contributed by atoms with E-state index in [2.05, 4.69) is 26.4 Å². The summed E-state index contributed by atoms with van der Waals surface area (Å²) >= 11 is 6.11. The largest absolute Gasteiger partial charge is 0.314 e. The number of rotatable bonds is 3. The third kappa shape index (κ3) is 2.85. The van der Waals surface area contributed by atoms with E-state index in [-0.39, 0.29) is 0 Å². The molecule has 0 amide bonds. The van der Waals surface area contributed by atoms with E-state index in [1.165, 1.54) is 5.56 Å². The average Bonchev–Trinajstić information content (AvgIpc) is 2.85. The Morgan fingerprint density at radius 3 is 3.10 bits per heavy atom. The lowest BCUT2D eigenvalue weighted by Crippen LogP contribution is -2.45. The second kappa shape index (κ2) is 5.91. The van der Waals surface area contributed by atoms with Gasteiger partial charge in [-0.15, -0.1) is 0 Å². The predicted molar refractivity (Wildman–Crippen MR) is 78.5 cm³/mol. The van der Waals surface area contributed by atoms with Gasteiger partial charge in [-0.05, 0) is 17.7 Å². The van der Waals surface area contributed by atoms with E-state index in [1.54, 1.807) is 6.33 Å². The molecule has 2 heterocycles. The van der Waals surface area contributed by atoms with Gasteiger partial charge in [0.25, 0.3) is 0 Å². The van der Waals surface area contributed by atoms with Crippen molar-refractivity contribution in [2.75, 3.05) is 19.6 Å². The van der Waals surface area contributed by atoms with Crippen LogP contribution in [0.3, 0.4) is 0 Å². The Bertz CT molecular complexity index is 582. The lowest BCUT2D eigenvalue weighted by atomic mass is 10.0. The number of aryl methyl sites for hydroxylation is 1. The van der Waals surface area contributed by atoms with Gasteiger partial charge in [-0.1, -0.05) is 23.7 Å². The minimum atomic E-state index is 0.319. The summed E-state index contributed by atoms with van der Waals surface area (Å²) in [5, 5.41) is 8.37. The van der Waals surface area contributed by atoms with Crippen LogP contribution < -0.4 is 5.32 Å². The molecule has 3 rings (SSSR count). The summed E-state index contributed by atoms with van der Waals surface area (Å²) in [6, 6.07) is 8.41. The van der Waals surface area contributed by atoms with Gasteiger partial charge < -0.3 is 5.32 Å². The molecule has 1 aliphatic rings. The normalized spacial score (nSPS) is 20.2. The van der Waals surface area contributed by atoms with E-state index >= 15 is 0 Å². The molecule has 0 spiro atoms. The van der Waals surface area contributed by atoms with Crippen LogP contribution in [-0.4, -0.2) is 39.3 Å². The molecular formula is C14H18ClN5. The minimum Gasteiger partial charge on any atom is -0.314 e. The van der Waals surface area contributed by atoms with E-state index in [1.807, 2.05) is 29.9 Å². The number of benzene rings is 1. The van der Waals surface area contributed by atoms with E-state index in [0.717, 1.165) is 37.0 Å². The van der Waals surface area contributed by atoms with Crippen LogP contribution in [0.4, 0.5) is 0 Å². The van der Waals surface area contributed by atoms with Gasteiger partial charge in [0.05, 0.1) is 6.54 Å². The predicted octanol–water partition coefficient (Wildman–Crippen LogP) is 1.62. The first-order valence-corrected chi connectivity index (χ1v) is 7.15. The zero-order valence-electron chi connectivity index (χ0n) is 11.5. The summed E-state index contributed by atoms with van der Waals surface area (Å²) in [4.78, 5) is 6.74. The van der Waals surface area contributed by atoms with Gasteiger partial charge in [-0.25, -0.2) is 4.98 Å². The summed E-state index contributed by atoms with van der Waals surface area (Å²) < 4.78 is 1.83. The monoisotopic (exact) mass is 291 g/mol. The fourth-order valence-corrected chi connectivity index (χ4v) is 2.82. The zero-order valence-corrected chi connectivity index (χ0v) is 12.2. The number of aromatic nitrogens is 3. The quantitative estimate of drug-likeness (QED) is 0.933. The van der Waals surface area contributed by atoms with Crippen molar-refractivity contribution in [3.8, 4) is 0 Å². The van der Waals surface area contributed by atoms with E-state index in [9.17, 15) is 0 Å². The lowest BCUT2D eigenvalue weighted by molar-refractivity contribution is 0.148. The first-order valence-electron chi connectivity index (χ1n) is 6.77. The van der Waals surface area contributed by atoms with Crippen LogP contribution in [0.5, 0.6) is 0 Å². The molecule has 0 radical (unpaired) electrons. The number of nitrogens with one attached hydrogen (secondary N) is 1. The smallest absolute Gasteiger partial charge is 0.140 e. The van der Waals surface area contributed by atoms with E-state index in [0.29, 0.717) is 6.04 Å². The van der Waals surface area contributed by atoms with Crippen LogP contribution in [0.15, 0.2) is 30.6 Å². The van der Waals surface area contributed by atoms with Crippen LogP contribution in [0.25, 0.3) is 0 Å². The molecule has 106 valence electrons. The molecule has 1 fully saturated rings. The molecule has 20 heavy (non-hydrogen) atoms. The molecular weight excluding hydrogens is 274 g/mol. The molecule has 0 aliphatic carbocycles. The molecule has 1 saturated heterocycles. The highest BCUT2D eigenvalue weighted by molar-refractivity contribution is 6.30. The zero-order chi connectivity index (χ0) is 13.9. The average molecular weight is 292 g/mol. The summed E-state index contributed by atoms with van der Waals surface area (Å²) in [7, 11) is 1.93. The SMILES string of the molecule is Cn1ncnc1CN1CCNCC1c1cccc(Cl)c1. The number of piperazine rings is 1. The summed E-state index contributed by atoms with van der Waals surface area (Å²) in [5.74, 6) is 0.985. The first-order chi connectivity index (χ1) is 9.74. The van der Waals surface area contributed by atoms with Crippen molar-refractivity contribution < 1.29 is 0 Å². The van der Waals surface area contributed by atoms with E-state index < -0.39 is 0 Å². The minimum absolute atomic E-state index is 0.319. The Labute approximate surface area is 123 Å². The highest BCUT2D eigenvalue weighted by atomic mass is 35.5. The Balaban J connectivity index is 1.82. The maximum Gasteiger partial charge on any atom is 0.140 e. The van der Waals surface area contributed by atoms with Crippen molar-refractivity contribution in [3.05, 3.63) is 47.0 Å². The Morgan fingerprint density at radius 1 is 1.45 bits per heavy atom. The second-order valence-electron chi connectivity index (χ2n) is 5.05. The first kappa shape index (κ1) is 13.5. The fourth-order valence-electron chi connectivity index (χ4n) is 2.62. The maximum absolute atomic E-state index is 6.11. The number of hydrogen-bond acceptors (Lipinski definition) is 4. The van der Waals surface area contributed by atoms with Crippen molar-refractivity contribution in [2.24, 2.45) is 7.05 Å².